The van der Waals surface area contributed by atoms with Gasteiger partial charge < -0.3 is 15.0 Å². The summed E-state index contributed by atoms with van der Waals surface area (Å²) in [6.45, 7) is 1.74. The first-order valence-corrected chi connectivity index (χ1v) is 8.13. The fraction of sp³-hybridized carbons (Fsp3) is 0.222. The highest BCUT2D eigenvalue weighted by Crippen LogP contribution is 2.42. The number of rotatable bonds is 2. The Kier molecular flexibility index (Phi) is 3.55. The van der Waals surface area contributed by atoms with E-state index in [1.165, 1.54) is 5.56 Å². The molecule has 2 aromatic carbocycles. The van der Waals surface area contributed by atoms with E-state index in [-0.39, 0.29) is 11.6 Å². The number of hydrogen-bond donors (Lipinski definition) is 2. The normalized spacial score (nSPS) is 14.8. The molecule has 24 heavy (non-hydrogen) atoms. The lowest BCUT2D eigenvalue weighted by Crippen LogP contribution is -2.27. The van der Waals surface area contributed by atoms with E-state index in [1.807, 2.05) is 30.3 Å². The van der Waals surface area contributed by atoms with Crippen LogP contribution in [0.2, 0.25) is 5.02 Å². The summed E-state index contributed by atoms with van der Waals surface area (Å²) in [5, 5.41) is 14.4. The first-order chi connectivity index (χ1) is 11.6. The molecule has 0 fully saturated rings. The number of aromatic amines is 1. The molecule has 0 aliphatic carbocycles. The van der Waals surface area contributed by atoms with Crippen molar-refractivity contribution >= 4 is 28.2 Å². The van der Waals surface area contributed by atoms with E-state index < -0.39 is 0 Å². The van der Waals surface area contributed by atoms with Crippen molar-refractivity contribution in [2.45, 2.75) is 13.0 Å². The molecule has 0 spiro atoms. The van der Waals surface area contributed by atoms with Crippen molar-refractivity contribution in [3.05, 3.63) is 51.4 Å². The van der Waals surface area contributed by atoms with Gasteiger partial charge in [-0.1, -0.05) is 23.7 Å². The van der Waals surface area contributed by atoms with Crippen LogP contribution in [0.5, 0.6) is 5.88 Å². The Morgan fingerprint density at radius 2 is 2.00 bits per heavy atom. The molecule has 1 aliphatic rings. The summed E-state index contributed by atoms with van der Waals surface area (Å²) in [5.74, 6) is -0.172. The third-order valence-electron chi connectivity index (χ3n) is 4.69. The van der Waals surface area contributed by atoms with Gasteiger partial charge in [0.2, 0.25) is 5.88 Å². The summed E-state index contributed by atoms with van der Waals surface area (Å²) in [6, 6.07) is 9.59. The van der Waals surface area contributed by atoms with Crippen molar-refractivity contribution in [1.82, 2.24) is 9.88 Å². The van der Waals surface area contributed by atoms with Crippen molar-refractivity contribution in [2.75, 3.05) is 13.6 Å². The maximum absolute atomic E-state index is 11.2. The van der Waals surface area contributed by atoms with Gasteiger partial charge in [0.05, 0.1) is 5.52 Å². The first kappa shape index (κ1) is 15.2. The lowest BCUT2D eigenvalue weighted by molar-refractivity contribution is 0.314. The second-order valence-electron chi connectivity index (χ2n) is 6.21. The fourth-order valence-corrected chi connectivity index (χ4v) is 3.63. The van der Waals surface area contributed by atoms with Gasteiger partial charge in [0.15, 0.2) is 5.69 Å². The summed E-state index contributed by atoms with van der Waals surface area (Å²) in [7, 11) is 2.09. The molecule has 0 saturated carbocycles. The van der Waals surface area contributed by atoms with Crippen LogP contribution >= 0.6 is 11.6 Å². The molecule has 0 amide bonds. The van der Waals surface area contributed by atoms with E-state index in [0.29, 0.717) is 10.4 Å². The fourth-order valence-electron chi connectivity index (χ4n) is 3.50. The molecular weight excluding hydrogens is 326 g/mol. The number of nitrogens with zero attached hydrogens (tertiary/aromatic N) is 2. The Morgan fingerprint density at radius 3 is 2.71 bits per heavy atom. The average molecular weight is 342 g/mol. The van der Waals surface area contributed by atoms with Crippen LogP contribution in [0.4, 0.5) is 5.69 Å². The Bertz CT molecular complexity index is 947. The second-order valence-corrected chi connectivity index (χ2v) is 6.65. The van der Waals surface area contributed by atoms with Crippen LogP contribution in [0.15, 0.2) is 35.5 Å². The number of aromatic hydroxyl groups is 1. The number of nitroso groups, excluding NO2 is 1. The molecule has 3 aromatic rings. The van der Waals surface area contributed by atoms with Gasteiger partial charge in [-0.2, -0.15) is 0 Å². The zero-order chi connectivity index (χ0) is 16.8. The quantitative estimate of drug-likeness (QED) is 0.670. The highest BCUT2D eigenvalue weighted by molar-refractivity contribution is 6.30. The Balaban J connectivity index is 2.06. The van der Waals surface area contributed by atoms with Gasteiger partial charge >= 0.3 is 0 Å². The van der Waals surface area contributed by atoms with Crippen LogP contribution in [-0.4, -0.2) is 28.6 Å². The predicted molar refractivity (Wildman–Crippen MR) is 95.9 cm³/mol. The maximum Gasteiger partial charge on any atom is 0.219 e. The molecule has 0 bridgehead atoms. The second kappa shape index (κ2) is 5.61. The van der Waals surface area contributed by atoms with E-state index in [2.05, 4.69) is 22.1 Å². The predicted octanol–water partition coefficient (Wildman–Crippen LogP) is 4.58. The molecule has 5 nitrogen and oxygen atoms in total. The first-order valence-electron chi connectivity index (χ1n) is 7.75. The number of nitrogens with one attached hydrogen (secondary N) is 1. The van der Waals surface area contributed by atoms with Crippen LogP contribution in [-0.2, 0) is 13.0 Å². The van der Waals surface area contributed by atoms with Gasteiger partial charge in [0, 0.05) is 23.5 Å². The van der Waals surface area contributed by atoms with Crippen LogP contribution in [0.3, 0.4) is 0 Å². The van der Waals surface area contributed by atoms with Crippen molar-refractivity contribution in [1.29, 1.82) is 0 Å². The molecule has 1 aromatic heterocycles. The Labute approximate surface area is 143 Å². The summed E-state index contributed by atoms with van der Waals surface area (Å²) in [5.41, 5.74) is 5.30. The molecule has 0 radical (unpaired) electrons. The number of aromatic nitrogens is 1. The number of benzene rings is 2. The van der Waals surface area contributed by atoms with E-state index in [4.69, 9.17) is 11.6 Å². The summed E-state index contributed by atoms with van der Waals surface area (Å²) >= 11 is 6.01. The van der Waals surface area contributed by atoms with Gasteiger partial charge in [-0.25, -0.2) is 0 Å². The number of fused-ring (bicyclic) bond motifs is 3. The van der Waals surface area contributed by atoms with Crippen molar-refractivity contribution in [3.63, 3.8) is 0 Å². The standard InChI is InChI=1S/C18H16ClN3O2/c1-22-7-6-12-15(9-22)13(10-2-4-11(19)5-3-10)8-14-16(12)20-18(23)17(14)21-24/h2-5,8,20,23H,6-7,9H2,1H3. The maximum atomic E-state index is 11.2. The molecule has 122 valence electrons. The SMILES string of the molecule is CN1CCc2c(c(-c3ccc(Cl)cc3)cc3c(N=O)c(O)[nH]c23)C1. The molecule has 0 saturated heterocycles. The minimum absolute atomic E-state index is 0.0712. The molecule has 6 heteroatoms. The van der Waals surface area contributed by atoms with E-state index in [1.54, 1.807) is 0 Å². The van der Waals surface area contributed by atoms with E-state index in [9.17, 15) is 10.0 Å². The summed E-state index contributed by atoms with van der Waals surface area (Å²) in [6.07, 6.45) is 0.849. The van der Waals surface area contributed by atoms with Gasteiger partial charge in [-0.15, -0.1) is 4.91 Å². The molecule has 0 unspecified atom stereocenters. The molecule has 2 N–H and O–H groups in total. The number of hydrogen-bond acceptors (Lipinski definition) is 4. The number of halogens is 1. The zero-order valence-corrected chi connectivity index (χ0v) is 13.9. The minimum atomic E-state index is -0.172. The highest BCUT2D eigenvalue weighted by atomic mass is 35.5. The van der Waals surface area contributed by atoms with E-state index in [0.717, 1.165) is 41.7 Å². The van der Waals surface area contributed by atoms with Gasteiger partial charge in [0.25, 0.3) is 0 Å². The summed E-state index contributed by atoms with van der Waals surface area (Å²) in [4.78, 5) is 16.3. The average Bonchev–Trinajstić information content (AvgIpc) is 2.90. The lowest BCUT2D eigenvalue weighted by atomic mass is 9.89. The number of H-pyrrole nitrogens is 1. The molecule has 1 aliphatic heterocycles. The number of likely N-dealkylation sites (N-methyl/N-ethyl adjacent to an activating group) is 1. The molecular formula is C18H16ClN3O2. The van der Waals surface area contributed by atoms with Crippen LogP contribution < -0.4 is 0 Å². The summed E-state index contributed by atoms with van der Waals surface area (Å²) < 4.78 is 0. The Hall–Kier alpha value is -2.37. The Morgan fingerprint density at radius 1 is 1.25 bits per heavy atom. The van der Waals surface area contributed by atoms with Crippen LogP contribution in [0.25, 0.3) is 22.0 Å². The smallest absolute Gasteiger partial charge is 0.219 e. The minimum Gasteiger partial charge on any atom is -0.493 e. The van der Waals surface area contributed by atoms with Crippen molar-refractivity contribution in [3.8, 4) is 17.0 Å². The monoisotopic (exact) mass is 341 g/mol. The van der Waals surface area contributed by atoms with Gasteiger partial charge in [-0.05, 0) is 59.1 Å². The van der Waals surface area contributed by atoms with Crippen molar-refractivity contribution in [2.24, 2.45) is 5.18 Å². The third kappa shape index (κ3) is 2.28. The van der Waals surface area contributed by atoms with Crippen LogP contribution in [0, 0.1) is 4.91 Å². The van der Waals surface area contributed by atoms with Crippen molar-refractivity contribution < 1.29 is 5.11 Å². The van der Waals surface area contributed by atoms with E-state index >= 15 is 0 Å². The largest absolute Gasteiger partial charge is 0.493 e. The lowest BCUT2D eigenvalue weighted by Gasteiger charge is -2.28. The zero-order valence-electron chi connectivity index (χ0n) is 13.1. The van der Waals surface area contributed by atoms with Crippen LogP contribution in [0.1, 0.15) is 11.1 Å². The van der Waals surface area contributed by atoms with Gasteiger partial charge in [-0.3, -0.25) is 0 Å². The molecule has 4 rings (SSSR count). The third-order valence-corrected chi connectivity index (χ3v) is 4.94. The van der Waals surface area contributed by atoms with Gasteiger partial charge in [0.1, 0.15) is 0 Å². The molecule has 0 atom stereocenters. The molecule has 2 heterocycles. The highest BCUT2D eigenvalue weighted by Gasteiger charge is 2.24. The topological polar surface area (TPSA) is 68.7 Å².